The second-order valence-electron chi connectivity index (χ2n) is 7.79. The Morgan fingerprint density at radius 3 is 2.57 bits per heavy atom. The quantitative estimate of drug-likeness (QED) is 0.325. The van der Waals surface area contributed by atoms with E-state index in [2.05, 4.69) is 23.5 Å². The summed E-state index contributed by atoms with van der Waals surface area (Å²) >= 11 is 0. The third-order valence-electron chi connectivity index (χ3n) is 6.06. The Labute approximate surface area is 175 Å². The van der Waals surface area contributed by atoms with Gasteiger partial charge in [-0.1, -0.05) is 72.8 Å². The third kappa shape index (κ3) is 3.22. The number of hydrogen-bond donors (Lipinski definition) is 1. The van der Waals surface area contributed by atoms with Gasteiger partial charge in [-0.3, -0.25) is 10.1 Å². The first-order chi connectivity index (χ1) is 14.7. The Balaban J connectivity index is 1.51. The van der Waals surface area contributed by atoms with Crippen molar-refractivity contribution in [1.82, 2.24) is 0 Å². The van der Waals surface area contributed by atoms with Crippen molar-refractivity contribution < 1.29 is 9.66 Å². The molecule has 3 aromatic rings. The largest absolute Gasteiger partial charge is 0.489 e. The van der Waals surface area contributed by atoms with Crippen LogP contribution >= 0.6 is 0 Å². The van der Waals surface area contributed by atoms with E-state index < -0.39 is 0 Å². The van der Waals surface area contributed by atoms with Crippen LogP contribution in [-0.2, 0) is 6.61 Å². The highest BCUT2D eigenvalue weighted by atomic mass is 16.6. The van der Waals surface area contributed by atoms with Gasteiger partial charge in [0.1, 0.15) is 18.0 Å². The van der Waals surface area contributed by atoms with E-state index in [1.807, 2.05) is 54.6 Å². The maximum Gasteiger partial charge on any atom is 0.292 e. The van der Waals surface area contributed by atoms with E-state index >= 15 is 0 Å². The number of nitro groups is 1. The Morgan fingerprint density at radius 1 is 0.967 bits per heavy atom. The Bertz CT molecular complexity index is 1110. The van der Waals surface area contributed by atoms with Crippen LogP contribution in [0, 0.1) is 16.0 Å². The number of nitro benzene ring substituents is 1. The maximum absolute atomic E-state index is 11.7. The lowest BCUT2D eigenvalue weighted by molar-refractivity contribution is -0.384. The minimum Gasteiger partial charge on any atom is -0.489 e. The SMILES string of the molecule is O=[N+]([O-])c1cccc2c1NC(c1ccccc1OCc1ccccc1)C1CC=CC21. The van der Waals surface area contributed by atoms with Crippen molar-refractivity contribution >= 4 is 11.4 Å². The standard InChI is InChI=1S/C25H22N2O3/c28-27(29)22-14-7-13-20-18-11-6-12-19(18)24(26-25(20)22)21-10-4-5-15-23(21)30-16-17-8-2-1-3-9-17/h1-11,13-15,18-19,24,26H,12,16H2. The first-order valence-electron chi connectivity index (χ1n) is 10.2. The maximum atomic E-state index is 11.7. The van der Waals surface area contributed by atoms with E-state index in [4.69, 9.17) is 4.74 Å². The molecule has 30 heavy (non-hydrogen) atoms. The summed E-state index contributed by atoms with van der Waals surface area (Å²) < 4.78 is 6.20. The zero-order valence-corrected chi connectivity index (χ0v) is 16.4. The van der Waals surface area contributed by atoms with Gasteiger partial charge < -0.3 is 10.1 Å². The van der Waals surface area contributed by atoms with Gasteiger partial charge >= 0.3 is 0 Å². The van der Waals surface area contributed by atoms with E-state index in [9.17, 15) is 10.1 Å². The molecule has 3 unspecified atom stereocenters. The van der Waals surface area contributed by atoms with Gasteiger partial charge in [0.15, 0.2) is 0 Å². The molecule has 3 aromatic carbocycles. The van der Waals surface area contributed by atoms with Crippen LogP contribution in [0.25, 0.3) is 0 Å². The van der Waals surface area contributed by atoms with Gasteiger partial charge in [0.05, 0.1) is 11.0 Å². The minimum atomic E-state index is -0.306. The van der Waals surface area contributed by atoms with Crippen LogP contribution in [0.4, 0.5) is 11.4 Å². The highest BCUT2D eigenvalue weighted by Gasteiger charge is 2.41. The number of rotatable bonds is 5. The average molecular weight is 398 g/mol. The second kappa shape index (κ2) is 7.67. The average Bonchev–Trinajstić information content (AvgIpc) is 3.28. The van der Waals surface area contributed by atoms with Crippen LogP contribution < -0.4 is 10.1 Å². The van der Waals surface area contributed by atoms with Gasteiger partial charge in [-0.05, 0) is 29.5 Å². The summed E-state index contributed by atoms with van der Waals surface area (Å²) in [6.07, 6.45) is 5.30. The van der Waals surface area contributed by atoms with Gasteiger partial charge in [0.2, 0.25) is 0 Å². The highest BCUT2D eigenvalue weighted by Crippen LogP contribution is 2.53. The zero-order valence-electron chi connectivity index (χ0n) is 16.4. The van der Waals surface area contributed by atoms with E-state index in [1.165, 1.54) is 0 Å². The lowest BCUT2D eigenvalue weighted by atomic mass is 9.76. The van der Waals surface area contributed by atoms with Crippen molar-refractivity contribution in [2.24, 2.45) is 5.92 Å². The van der Waals surface area contributed by atoms with Crippen LogP contribution in [0.2, 0.25) is 0 Å². The van der Waals surface area contributed by atoms with Crippen molar-refractivity contribution in [2.45, 2.75) is 25.0 Å². The molecule has 0 radical (unpaired) electrons. The molecule has 0 aromatic heterocycles. The summed E-state index contributed by atoms with van der Waals surface area (Å²) in [5, 5.41) is 15.2. The third-order valence-corrected chi connectivity index (χ3v) is 6.06. The molecule has 0 amide bonds. The molecule has 0 spiro atoms. The van der Waals surface area contributed by atoms with Crippen molar-refractivity contribution in [1.29, 1.82) is 0 Å². The van der Waals surface area contributed by atoms with Crippen LogP contribution in [0.1, 0.15) is 35.1 Å². The summed E-state index contributed by atoms with van der Waals surface area (Å²) in [5.74, 6) is 1.26. The normalized spacial score (nSPS) is 21.4. The monoisotopic (exact) mass is 398 g/mol. The van der Waals surface area contributed by atoms with Crippen molar-refractivity contribution in [2.75, 3.05) is 5.32 Å². The number of hydrogen-bond acceptors (Lipinski definition) is 4. The predicted octanol–water partition coefficient (Wildman–Crippen LogP) is 6.00. The number of nitrogens with zero attached hydrogens (tertiary/aromatic N) is 1. The lowest BCUT2D eigenvalue weighted by Crippen LogP contribution is -2.30. The number of para-hydroxylation sites is 2. The smallest absolute Gasteiger partial charge is 0.292 e. The molecule has 3 atom stereocenters. The fraction of sp³-hybridized carbons (Fsp3) is 0.200. The molecule has 1 N–H and O–H groups in total. The second-order valence-corrected chi connectivity index (χ2v) is 7.79. The van der Waals surface area contributed by atoms with Crippen molar-refractivity contribution in [3.8, 4) is 5.75 Å². The summed E-state index contributed by atoms with van der Waals surface area (Å²) in [6, 6.07) is 23.3. The van der Waals surface area contributed by atoms with Gasteiger partial charge in [0.25, 0.3) is 5.69 Å². The first kappa shape index (κ1) is 18.4. The van der Waals surface area contributed by atoms with Gasteiger partial charge in [-0.25, -0.2) is 0 Å². The number of anilines is 1. The number of allylic oxidation sites excluding steroid dienone is 2. The molecule has 1 aliphatic heterocycles. The van der Waals surface area contributed by atoms with Crippen LogP contribution in [0.15, 0.2) is 84.9 Å². The molecule has 150 valence electrons. The van der Waals surface area contributed by atoms with E-state index in [0.717, 1.165) is 28.9 Å². The highest BCUT2D eigenvalue weighted by molar-refractivity contribution is 5.71. The Kier molecular flexibility index (Phi) is 4.71. The topological polar surface area (TPSA) is 64.4 Å². The first-order valence-corrected chi connectivity index (χ1v) is 10.2. The van der Waals surface area contributed by atoms with Crippen molar-refractivity contribution in [3.05, 3.63) is 112 Å². The molecule has 1 aliphatic carbocycles. The van der Waals surface area contributed by atoms with E-state index in [-0.39, 0.29) is 22.6 Å². The lowest BCUT2D eigenvalue weighted by Gasteiger charge is -2.37. The molecule has 2 aliphatic rings. The van der Waals surface area contributed by atoms with Crippen LogP contribution in [-0.4, -0.2) is 4.92 Å². The fourth-order valence-electron chi connectivity index (χ4n) is 4.67. The molecule has 1 heterocycles. The molecular weight excluding hydrogens is 376 g/mol. The molecule has 0 bridgehead atoms. The summed E-state index contributed by atoms with van der Waals surface area (Å²) in [6.45, 7) is 0.480. The van der Waals surface area contributed by atoms with Gasteiger partial charge in [-0.2, -0.15) is 0 Å². The zero-order chi connectivity index (χ0) is 20.5. The molecule has 5 rings (SSSR count). The molecule has 5 heteroatoms. The number of nitrogens with one attached hydrogen (secondary N) is 1. The van der Waals surface area contributed by atoms with Crippen LogP contribution in [0.5, 0.6) is 5.75 Å². The number of ether oxygens (including phenoxy) is 1. The fourth-order valence-corrected chi connectivity index (χ4v) is 4.67. The molecule has 0 fully saturated rings. The Morgan fingerprint density at radius 2 is 1.73 bits per heavy atom. The van der Waals surface area contributed by atoms with Gasteiger partial charge in [-0.15, -0.1) is 0 Å². The summed E-state index contributed by atoms with van der Waals surface area (Å²) in [4.78, 5) is 11.4. The molecule has 0 saturated carbocycles. The Hall–Kier alpha value is -3.60. The van der Waals surface area contributed by atoms with E-state index in [1.54, 1.807) is 12.1 Å². The number of fused-ring (bicyclic) bond motifs is 3. The molecular formula is C25H22N2O3. The molecule has 5 nitrogen and oxygen atoms in total. The van der Waals surface area contributed by atoms with Gasteiger partial charge in [0, 0.05) is 17.5 Å². The van der Waals surface area contributed by atoms with E-state index in [0.29, 0.717) is 18.2 Å². The number of benzene rings is 3. The molecule has 0 saturated heterocycles. The summed E-state index contributed by atoms with van der Waals surface area (Å²) in [5.41, 5.74) is 3.89. The van der Waals surface area contributed by atoms with Crippen molar-refractivity contribution in [3.63, 3.8) is 0 Å². The minimum absolute atomic E-state index is 0.0643. The predicted molar refractivity (Wildman–Crippen MR) is 117 cm³/mol. The summed E-state index contributed by atoms with van der Waals surface area (Å²) in [7, 11) is 0. The van der Waals surface area contributed by atoms with Crippen LogP contribution in [0.3, 0.4) is 0 Å².